The van der Waals surface area contributed by atoms with Crippen LogP contribution in [0.4, 0.5) is 0 Å². The van der Waals surface area contributed by atoms with Crippen LogP contribution in [-0.4, -0.2) is 30.4 Å². The van der Waals surface area contributed by atoms with E-state index < -0.39 is 0 Å². The molecular weight excluding hydrogens is 576 g/mol. The molecule has 6 nitrogen and oxygen atoms in total. The summed E-state index contributed by atoms with van der Waals surface area (Å²) in [5, 5.41) is 18.5. The molecule has 0 aliphatic rings. The van der Waals surface area contributed by atoms with Gasteiger partial charge in [0.15, 0.2) is 11.6 Å². The van der Waals surface area contributed by atoms with Crippen LogP contribution in [0.15, 0.2) is 121 Å². The van der Waals surface area contributed by atoms with Gasteiger partial charge in [-0.1, -0.05) is 151 Å². The van der Waals surface area contributed by atoms with E-state index in [1.54, 1.807) is 0 Å². The van der Waals surface area contributed by atoms with Crippen molar-refractivity contribution in [3.63, 3.8) is 0 Å². The average molecular weight is 613 g/mol. The van der Waals surface area contributed by atoms with Crippen molar-refractivity contribution >= 4 is 0 Å². The lowest BCUT2D eigenvalue weighted by Gasteiger charge is -2.12. The summed E-state index contributed by atoms with van der Waals surface area (Å²) in [4.78, 5) is 10.1. The molecule has 0 bridgehead atoms. The normalized spacial score (nSPS) is 10.8. The predicted octanol–water partition coefficient (Wildman–Crippen LogP) is 9.93. The van der Waals surface area contributed by atoms with E-state index in [0.29, 0.717) is 11.6 Å². The van der Waals surface area contributed by atoms with Gasteiger partial charge in [0.2, 0.25) is 0 Å². The first-order chi connectivity index (χ1) is 22.4. The molecule has 6 heteroatoms. The van der Waals surface area contributed by atoms with Gasteiger partial charge in [-0.15, -0.1) is 20.4 Å². The smallest absolute Gasteiger partial charge is 0.182 e. The lowest BCUT2D eigenvalue weighted by molar-refractivity contribution is 0.987. The van der Waals surface area contributed by atoms with E-state index in [0.717, 1.165) is 56.2 Å². The van der Waals surface area contributed by atoms with Crippen molar-refractivity contribution in [1.82, 2.24) is 30.4 Å². The van der Waals surface area contributed by atoms with E-state index in [1.165, 1.54) is 22.3 Å². The molecule has 0 radical (unpaired) electrons. The summed E-state index contributed by atoms with van der Waals surface area (Å²) in [7, 11) is 0. The number of rotatable bonds is 6. The second-order valence-electron chi connectivity index (χ2n) is 11.7. The molecule has 0 saturated carbocycles. The second-order valence-corrected chi connectivity index (χ2v) is 11.7. The molecule has 2 heterocycles. The van der Waals surface area contributed by atoms with Crippen LogP contribution >= 0.6 is 0 Å². The SMILES string of the molecule is C.Cc1ccc(-c2nnc(-c3ccc(-c4nnc(-c5ccc(C)cc5)c(-c5ccc(C)cc5)n4)cc3)nc2-c2ccc(C)cc2)cc1. The molecule has 0 N–H and O–H groups in total. The van der Waals surface area contributed by atoms with Crippen molar-refractivity contribution in [3.05, 3.63) is 144 Å². The molecule has 0 fully saturated rings. The van der Waals surface area contributed by atoms with Crippen molar-refractivity contribution in [2.75, 3.05) is 0 Å². The quantitative estimate of drug-likeness (QED) is 0.186. The van der Waals surface area contributed by atoms with Crippen molar-refractivity contribution in [2.45, 2.75) is 35.1 Å². The molecule has 0 atom stereocenters. The summed E-state index contributed by atoms with van der Waals surface area (Å²) in [5.41, 5.74) is 13.5. The topological polar surface area (TPSA) is 77.3 Å². The highest BCUT2D eigenvalue weighted by atomic mass is 15.2. The van der Waals surface area contributed by atoms with Gasteiger partial charge in [0.05, 0.1) is 0 Å². The summed E-state index contributed by atoms with van der Waals surface area (Å²) in [5.74, 6) is 1.10. The first-order valence-corrected chi connectivity index (χ1v) is 15.3. The molecule has 0 aliphatic heterocycles. The summed E-state index contributed by atoms with van der Waals surface area (Å²) < 4.78 is 0. The minimum absolute atomic E-state index is 0. The van der Waals surface area contributed by atoms with Crippen molar-refractivity contribution < 1.29 is 0 Å². The van der Waals surface area contributed by atoms with Crippen molar-refractivity contribution in [1.29, 1.82) is 0 Å². The van der Waals surface area contributed by atoms with E-state index in [9.17, 15) is 0 Å². The minimum atomic E-state index is 0. The number of benzene rings is 5. The summed E-state index contributed by atoms with van der Waals surface area (Å²) in [6, 6.07) is 41.2. The van der Waals surface area contributed by atoms with Crippen LogP contribution in [0.1, 0.15) is 29.7 Å². The fourth-order valence-electron chi connectivity index (χ4n) is 5.30. The van der Waals surface area contributed by atoms with E-state index in [1.807, 2.05) is 24.3 Å². The van der Waals surface area contributed by atoms with Gasteiger partial charge in [0.1, 0.15) is 22.8 Å². The van der Waals surface area contributed by atoms with E-state index >= 15 is 0 Å². The lowest BCUT2D eigenvalue weighted by atomic mass is 10.0. The Morgan fingerprint density at radius 3 is 0.787 bits per heavy atom. The molecule has 47 heavy (non-hydrogen) atoms. The molecule has 0 unspecified atom stereocenters. The third kappa shape index (κ3) is 6.58. The second kappa shape index (κ2) is 13.2. The molecule has 7 aromatic rings. The van der Waals surface area contributed by atoms with Crippen LogP contribution in [0.5, 0.6) is 0 Å². The Labute approximate surface area is 276 Å². The standard InChI is InChI=1S/C40H32N6.CH4/c1-25-5-13-29(14-6-25)35-37(31-17-9-27(3)10-18-31)43-45-39(41-35)33-21-23-34(24-22-33)40-42-36(30-15-7-26(2)8-16-30)38(44-46-40)32-19-11-28(4)12-20-32;/h5-24H,1-4H3;1H4. The molecule has 7 rings (SSSR count). The van der Waals surface area contributed by atoms with Crippen LogP contribution in [0.3, 0.4) is 0 Å². The average Bonchev–Trinajstić information content (AvgIpc) is 3.09. The number of aromatic nitrogens is 6. The monoisotopic (exact) mass is 612 g/mol. The van der Waals surface area contributed by atoms with Crippen LogP contribution in [0, 0.1) is 27.7 Å². The summed E-state index contributed by atoms with van der Waals surface area (Å²) >= 11 is 0. The Bertz CT molecular complexity index is 1980. The third-order valence-corrected chi connectivity index (χ3v) is 8.07. The molecule has 0 spiro atoms. The molecule has 2 aromatic heterocycles. The van der Waals surface area contributed by atoms with Gasteiger partial charge < -0.3 is 0 Å². The first-order valence-electron chi connectivity index (χ1n) is 15.3. The zero-order valence-electron chi connectivity index (χ0n) is 26.2. The number of hydrogen-bond acceptors (Lipinski definition) is 6. The maximum Gasteiger partial charge on any atom is 0.182 e. The minimum Gasteiger partial charge on any atom is -0.224 e. The highest BCUT2D eigenvalue weighted by Crippen LogP contribution is 2.33. The van der Waals surface area contributed by atoms with Gasteiger partial charge in [-0.25, -0.2) is 9.97 Å². The Balaban J connectivity index is 0.00000386. The number of aryl methyl sites for hydroxylation is 4. The van der Waals surface area contributed by atoms with Crippen LogP contribution in [0.25, 0.3) is 67.8 Å². The van der Waals surface area contributed by atoms with Crippen molar-refractivity contribution in [3.8, 4) is 67.8 Å². The van der Waals surface area contributed by atoms with Gasteiger partial charge >= 0.3 is 0 Å². The predicted molar refractivity (Wildman–Crippen MR) is 192 cm³/mol. The van der Waals surface area contributed by atoms with Gasteiger partial charge in [-0.3, -0.25) is 0 Å². The molecule has 230 valence electrons. The van der Waals surface area contributed by atoms with E-state index in [4.69, 9.17) is 9.97 Å². The Morgan fingerprint density at radius 2 is 0.511 bits per heavy atom. The van der Waals surface area contributed by atoms with Gasteiger partial charge in [-0.2, -0.15) is 0 Å². The molecule has 5 aromatic carbocycles. The Hall–Kier alpha value is -5.88. The number of hydrogen-bond donors (Lipinski definition) is 0. The molecule has 0 aliphatic carbocycles. The largest absolute Gasteiger partial charge is 0.224 e. The summed E-state index contributed by atoms with van der Waals surface area (Å²) in [6.45, 7) is 8.30. The molecule has 0 saturated heterocycles. The Morgan fingerprint density at radius 1 is 0.277 bits per heavy atom. The first kappa shape index (κ1) is 31.1. The van der Waals surface area contributed by atoms with Gasteiger partial charge in [0, 0.05) is 33.4 Å². The van der Waals surface area contributed by atoms with Gasteiger partial charge in [0.25, 0.3) is 0 Å². The van der Waals surface area contributed by atoms with E-state index in [-0.39, 0.29) is 7.43 Å². The van der Waals surface area contributed by atoms with Crippen LogP contribution in [0.2, 0.25) is 0 Å². The highest BCUT2D eigenvalue weighted by Gasteiger charge is 2.17. The fourth-order valence-corrected chi connectivity index (χ4v) is 5.30. The zero-order valence-corrected chi connectivity index (χ0v) is 26.2. The van der Waals surface area contributed by atoms with Crippen LogP contribution < -0.4 is 0 Å². The third-order valence-electron chi connectivity index (χ3n) is 8.07. The highest BCUT2D eigenvalue weighted by molar-refractivity contribution is 5.80. The van der Waals surface area contributed by atoms with Crippen LogP contribution in [-0.2, 0) is 0 Å². The summed E-state index contributed by atoms with van der Waals surface area (Å²) in [6.07, 6.45) is 0. The van der Waals surface area contributed by atoms with E-state index in [2.05, 4.69) is 145 Å². The maximum absolute atomic E-state index is 5.04. The van der Waals surface area contributed by atoms with Crippen molar-refractivity contribution in [2.24, 2.45) is 0 Å². The zero-order chi connectivity index (χ0) is 31.6. The number of nitrogens with zero attached hydrogens (tertiary/aromatic N) is 6. The lowest BCUT2D eigenvalue weighted by Crippen LogP contribution is -2.01. The fraction of sp³-hybridized carbons (Fsp3) is 0.122. The molecular formula is C41H36N6. The molecule has 0 amide bonds. The Kier molecular flexibility index (Phi) is 8.76. The van der Waals surface area contributed by atoms with Gasteiger partial charge in [-0.05, 0) is 27.7 Å². The maximum atomic E-state index is 5.04.